The second-order valence-corrected chi connectivity index (χ2v) is 5.54. The van der Waals surface area contributed by atoms with Crippen LogP contribution in [0.25, 0.3) is 0 Å². The van der Waals surface area contributed by atoms with Crippen LogP contribution in [-0.4, -0.2) is 17.8 Å². The fourth-order valence-corrected chi connectivity index (χ4v) is 1.64. The lowest BCUT2D eigenvalue weighted by Gasteiger charge is -2.28. The molecule has 0 spiro atoms. The van der Waals surface area contributed by atoms with E-state index in [9.17, 15) is 31.4 Å². The fraction of sp³-hybridized carbons (Fsp3) is 0.538. The summed E-state index contributed by atoms with van der Waals surface area (Å²) in [7, 11) is 0. The van der Waals surface area contributed by atoms with Gasteiger partial charge in [-0.1, -0.05) is 32.9 Å². The molecule has 0 fully saturated rings. The molecule has 1 aromatic carbocycles. The van der Waals surface area contributed by atoms with Crippen molar-refractivity contribution >= 4 is 0 Å². The SMILES string of the molecule is CC(C)(C)C(O)c1cccc(OC(F)(F)F)c1OC(F)(F)F. The molecule has 0 saturated carbocycles. The monoisotopic (exact) mass is 332 g/mol. The van der Waals surface area contributed by atoms with Crippen LogP contribution >= 0.6 is 0 Å². The molecule has 0 aliphatic carbocycles. The summed E-state index contributed by atoms with van der Waals surface area (Å²) in [6.07, 6.45) is -11.9. The predicted molar refractivity (Wildman–Crippen MR) is 64.2 cm³/mol. The number of halogens is 6. The molecule has 0 heterocycles. The quantitative estimate of drug-likeness (QED) is 0.825. The van der Waals surface area contributed by atoms with E-state index in [0.717, 1.165) is 12.1 Å². The zero-order chi connectivity index (χ0) is 17.3. The molecule has 0 bridgehead atoms. The Morgan fingerprint density at radius 1 is 0.909 bits per heavy atom. The largest absolute Gasteiger partial charge is 0.573 e. The molecule has 0 radical (unpaired) electrons. The molecule has 126 valence electrons. The highest BCUT2D eigenvalue weighted by Gasteiger charge is 2.39. The number of aliphatic hydroxyl groups is 1. The summed E-state index contributed by atoms with van der Waals surface area (Å²) in [4.78, 5) is 0. The van der Waals surface area contributed by atoms with Crippen molar-refractivity contribution in [3.8, 4) is 11.5 Å². The average molecular weight is 332 g/mol. The number of aliphatic hydroxyl groups excluding tert-OH is 1. The van der Waals surface area contributed by atoms with Gasteiger partial charge in [0.25, 0.3) is 0 Å². The summed E-state index contributed by atoms with van der Waals surface area (Å²) >= 11 is 0. The van der Waals surface area contributed by atoms with Crippen molar-refractivity contribution in [3.05, 3.63) is 23.8 Å². The van der Waals surface area contributed by atoms with Gasteiger partial charge in [0.2, 0.25) is 0 Å². The molecule has 1 rings (SSSR count). The Morgan fingerprint density at radius 2 is 1.41 bits per heavy atom. The Hall–Kier alpha value is -1.64. The van der Waals surface area contributed by atoms with Crippen LogP contribution < -0.4 is 9.47 Å². The van der Waals surface area contributed by atoms with Gasteiger partial charge in [0.1, 0.15) is 0 Å². The van der Waals surface area contributed by atoms with Gasteiger partial charge < -0.3 is 14.6 Å². The van der Waals surface area contributed by atoms with E-state index in [1.807, 2.05) is 0 Å². The summed E-state index contributed by atoms with van der Waals surface area (Å²) in [5.41, 5.74) is -1.38. The Morgan fingerprint density at radius 3 is 1.82 bits per heavy atom. The van der Waals surface area contributed by atoms with Gasteiger partial charge in [0, 0.05) is 5.56 Å². The molecular formula is C13H14F6O3. The number of para-hydroxylation sites is 1. The first-order valence-electron chi connectivity index (χ1n) is 6.03. The van der Waals surface area contributed by atoms with Crippen LogP contribution in [0.15, 0.2) is 18.2 Å². The fourth-order valence-electron chi connectivity index (χ4n) is 1.64. The van der Waals surface area contributed by atoms with Gasteiger partial charge in [0.15, 0.2) is 11.5 Å². The van der Waals surface area contributed by atoms with Crippen molar-refractivity contribution in [2.75, 3.05) is 0 Å². The molecule has 0 saturated heterocycles. The smallest absolute Gasteiger partial charge is 0.402 e. The van der Waals surface area contributed by atoms with E-state index in [1.165, 1.54) is 20.8 Å². The Labute approximate surface area is 122 Å². The first-order chi connectivity index (χ1) is 9.71. The minimum absolute atomic E-state index is 0.452. The van der Waals surface area contributed by atoms with Crippen LogP contribution in [0, 0.1) is 5.41 Å². The number of hydrogen-bond acceptors (Lipinski definition) is 3. The highest BCUT2D eigenvalue weighted by Crippen LogP contribution is 2.44. The van der Waals surface area contributed by atoms with E-state index < -0.39 is 41.3 Å². The molecule has 1 aromatic rings. The highest BCUT2D eigenvalue weighted by molar-refractivity contribution is 5.48. The molecule has 22 heavy (non-hydrogen) atoms. The third-order valence-electron chi connectivity index (χ3n) is 2.57. The van der Waals surface area contributed by atoms with Crippen molar-refractivity contribution in [2.45, 2.75) is 39.6 Å². The van der Waals surface area contributed by atoms with Crippen molar-refractivity contribution in [1.29, 1.82) is 0 Å². The van der Waals surface area contributed by atoms with Gasteiger partial charge in [0.05, 0.1) is 6.10 Å². The van der Waals surface area contributed by atoms with Crippen LogP contribution in [0.3, 0.4) is 0 Å². The van der Waals surface area contributed by atoms with Crippen molar-refractivity contribution in [3.63, 3.8) is 0 Å². The van der Waals surface area contributed by atoms with Crippen LogP contribution in [0.5, 0.6) is 11.5 Å². The highest BCUT2D eigenvalue weighted by atomic mass is 19.4. The molecular weight excluding hydrogens is 318 g/mol. The molecule has 0 aromatic heterocycles. The third kappa shape index (κ3) is 5.28. The van der Waals surface area contributed by atoms with Crippen LogP contribution in [0.2, 0.25) is 0 Å². The van der Waals surface area contributed by atoms with E-state index in [2.05, 4.69) is 9.47 Å². The summed E-state index contributed by atoms with van der Waals surface area (Å²) in [6.45, 7) is 4.52. The summed E-state index contributed by atoms with van der Waals surface area (Å²) in [5.74, 6) is -2.39. The summed E-state index contributed by atoms with van der Waals surface area (Å²) in [6, 6.07) is 2.75. The molecule has 3 nitrogen and oxygen atoms in total. The minimum Gasteiger partial charge on any atom is -0.402 e. The molecule has 0 aliphatic rings. The molecule has 1 N–H and O–H groups in total. The first-order valence-corrected chi connectivity index (χ1v) is 6.03. The number of rotatable bonds is 3. The normalized spacial score (nSPS) is 14.6. The van der Waals surface area contributed by atoms with E-state index in [-0.39, 0.29) is 0 Å². The third-order valence-corrected chi connectivity index (χ3v) is 2.57. The molecule has 0 amide bonds. The van der Waals surface area contributed by atoms with Gasteiger partial charge in [-0.2, -0.15) is 0 Å². The second kappa shape index (κ2) is 5.86. The zero-order valence-corrected chi connectivity index (χ0v) is 11.8. The average Bonchev–Trinajstić information content (AvgIpc) is 2.25. The lowest BCUT2D eigenvalue weighted by molar-refractivity contribution is -0.287. The van der Waals surface area contributed by atoms with Crippen molar-refractivity contribution in [1.82, 2.24) is 0 Å². The Balaban J connectivity index is 3.41. The summed E-state index contributed by atoms with van der Waals surface area (Å²) < 4.78 is 81.4. The maximum atomic E-state index is 12.5. The zero-order valence-electron chi connectivity index (χ0n) is 11.8. The van der Waals surface area contributed by atoms with Gasteiger partial charge >= 0.3 is 12.7 Å². The van der Waals surface area contributed by atoms with E-state index in [0.29, 0.717) is 6.07 Å². The second-order valence-electron chi connectivity index (χ2n) is 5.54. The maximum absolute atomic E-state index is 12.5. The maximum Gasteiger partial charge on any atom is 0.573 e. The van der Waals surface area contributed by atoms with Crippen LogP contribution in [0.4, 0.5) is 26.3 Å². The molecule has 9 heteroatoms. The van der Waals surface area contributed by atoms with E-state index in [4.69, 9.17) is 0 Å². The van der Waals surface area contributed by atoms with Crippen molar-refractivity contribution < 1.29 is 40.9 Å². The Kier molecular flexibility index (Phi) is 4.91. The van der Waals surface area contributed by atoms with E-state index in [1.54, 1.807) is 0 Å². The lowest BCUT2D eigenvalue weighted by Crippen LogP contribution is -2.24. The number of hydrogen-bond donors (Lipinski definition) is 1. The van der Waals surface area contributed by atoms with Gasteiger partial charge in [-0.15, -0.1) is 26.3 Å². The van der Waals surface area contributed by atoms with Crippen LogP contribution in [0.1, 0.15) is 32.4 Å². The summed E-state index contributed by atoms with van der Waals surface area (Å²) in [5, 5.41) is 10.1. The van der Waals surface area contributed by atoms with Gasteiger partial charge in [-0.25, -0.2) is 0 Å². The van der Waals surface area contributed by atoms with Crippen LogP contribution in [-0.2, 0) is 0 Å². The van der Waals surface area contributed by atoms with E-state index >= 15 is 0 Å². The first kappa shape index (κ1) is 18.4. The molecule has 1 unspecified atom stereocenters. The topological polar surface area (TPSA) is 38.7 Å². The number of benzene rings is 1. The number of ether oxygens (including phenoxy) is 2. The van der Waals surface area contributed by atoms with Crippen molar-refractivity contribution in [2.24, 2.45) is 5.41 Å². The number of alkyl halides is 6. The van der Waals surface area contributed by atoms with Gasteiger partial charge in [-0.05, 0) is 11.5 Å². The Bertz CT molecular complexity index is 516. The molecule has 1 atom stereocenters. The minimum atomic E-state index is -5.24. The standard InChI is InChI=1S/C13H14F6O3/c1-11(2,3)10(20)7-5-4-6-8(21-12(14,15)16)9(7)22-13(17,18)19/h4-6,10,20H,1-3H3. The predicted octanol–water partition coefficient (Wildman–Crippen LogP) is 4.56. The molecule has 0 aliphatic heterocycles. The lowest BCUT2D eigenvalue weighted by atomic mass is 9.84. The van der Waals surface area contributed by atoms with Gasteiger partial charge in [-0.3, -0.25) is 0 Å².